The van der Waals surface area contributed by atoms with Gasteiger partial charge in [0.05, 0.1) is 4.83 Å². The molecule has 0 aliphatic rings. The monoisotopic (exact) mass is 280 g/mol. The van der Waals surface area contributed by atoms with Crippen LogP contribution in [0.3, 0.4) is 0 Å². The molecule has 0 saturated heterocycles. The third kappa shape index (κ3) is 8.23. The number of hydrogen-bond acceptors (Lipinski definition) is 2. The van der Waals surface area contributed by atoms with Crippen LogP contribution in [0.15, 0.2) is 0 Å². The maximum atomic E-state index is 5.53. The van der Waals surface area contributed by atoms with Gasteiger partial charge in [0.25, 0.3) is 0 Å². The standard InChI is InChI=1S/C12H25BrO2/c1-4-7-8-9-10-11(13)12(14-5-2)15-6-3/h11-12H,4-10H2,1-3H3/t11-/m0/s1. The van der Waals surface area contributed by atoms with Crippen LogP contribution in [0.5, 0.6) is 0 Å². The Bertz CT molecular complexity index is 125. The molecule has 0 aliphatic carbocycles. The summed E-state index contributed by atoms with van der Waals surface area (Å²) in [4.78, 5) is 0.328. The van der Waals surface area contributed by atoms with E-state index in [2.05, 4.69) is 22.9 Å². The van der Waals surface area contributed by atoms with E-state index in [1.165, 1.54) is 25.7 Å². The van der Waals surface area contributed by atoms with Gasteiger partial charge in [-0.05, 0) is 20.3 Å². The summed E-state index contributed by atoms with van der Waals surface area (Å²) in [5, 5.41) is 0. The number of ether oxygens (including phenoxy) is 2. The zero-order chi connectivity index (χ0) is 11.5. The van der Waals surface area contributed by atoms with Crippen LogP contribution in [0.4, 0.5) is 0 Å². The second-order valence-electron chi connectivity index (χ2n) is 3.64. The van der Waals surface area contributed by atoms with E-state index in [9.17, 15) is 0 Å². The van der Waals surface area contributed by atoms with E-state index in [1.54, 1.807) is 0 Å². The summed E-state index contributed by atoms with van der Waals surface area (Å²) < 4.78 is 11.1. The maximum absolute atomic E-state index is 5.53. The molecule has 15 heavy (non-hydrogen) atoms. The molecule has 92 valence electrons. The van der Waals surface area contributed by atoms with E-state index >= 15 is 0 Å². The molecular weight excluding hydrogens is 256 g/mol. The highest BCUT2D eigenvalue weighted by atomic mass is 79.9. The molecule has 0 N–H and O–H groups in total. The Kier molecular flexibility index (Phi) is 11.2. The van der Waals surface area contributed by atoms with Gasteiger partial charge in [-0.2, -0.15) is 0 Å². The van der Waals surface area contributed by atoms with Gasteiger partial charge in [-0.25, -0.2) is 0 Å². The predicted octanol–water partition coefficient (Wildman–Crippen LogP) is 4.12. The highest BCUT2D eigenvalue weighted by Gasteiger charge is 2.18. The van der Waals surface area contributed by atoms with Gasteiger partial charge in [0, 0.05) is 13.2 Å². The summed E-state index contributed by atoms with van der Waals surface area (Å²) in [6.07, 6.45) is 6.22. The lowest BCUT2D eigenvalue weighted by atomic mass is 10.1. The van der Waals surface area contributed by atoms with Gasteiger partial charge in [-0.3, -0.25) is 0 Å². The minimum Gasteiger partial charge on any atom is -0.352 e. The molecule has 0 saturated carbocycles. The second kappa shape index (κ2) is 10.9. The summed E-state index contributed by atoms with van der Waals surface area (Å²) in [5.41, 5.74) is 0. The largest absolute Gasteiger partial charge is 0.352 e. The van der Waals surface area contributed by atoms with Gasteiger partial charge >= 0.3 is 0 Å². The first-order valence-electron chi connectivity index (χ1n) is 6.13. The van der Waals surface area contributed by atoms with Crippen molar-refractivity contribution in [2.75, 3.05) is 13.2 Å². The van der Waals surface area contributed by atoms with Gasteiger partial charge < -0.3 is 9.47 Å². The van der Waals surface area contributed by atoms with Crippen molar-refractivity contribution in [1.29, 1.82) is 0 Å². The van der Waals surface area contributed by atoms with E-state index in [4.69, 9.17) is 9.47 Å². The molecular formula is C12H25BrO2. The molecule has 0 bridgehead atoms. The average Bonchev–Trinajstić information content (AvgIpc) is 2.24. The first-order valence-corrected chi connectivity index (χ1v) is 7.05. The van der Waals surface area contributed by atoms with Crippen molar-refractivity contribution in [3.8, 4) is 0 Å². The Morgan fingerprint density at radius 2 is 1.53 bits per heavy atom. The molecule has 0 unspecified atom stereocenters. The summed E-state index contributed by atoms with van der Waals surface area (Å²) in [7, 11) is 0. The molecule has 0 rings (SSSR count). The lowest BCUT2D eigenvalue weighted by Gasteiger charge is -2.22. The lowest BCUT2D eigenvalue weighted by Crippen LogP contribution is -2.27. The molecule has 3 heteroatoms. The van der Waals surface area contributed by atoms with Crippen molar-refractivity contribution in [2.24, 2.45) is 0 Å². The van der Waals surface area contributed by atoms with Crippen LogP contribution in [-0.4, -0.2) is 24.3 Å². The number of unbranched alkanes of at least 4 members (excludes halogenated alkanes) is 3. The fourth-order valence-electron chi connectivity index (χ4n) is 1.49. The third-order valence-corrected chi connectivity index (χ3v) is 3.18. The Morgan fingerprint density at radius 1 is 0.933 bits per heavy atom. The minimum atomic E-state index is -0.0818. The van der Waals surface area contributed by atoms with Gasteiger partial charge in [0.1, 0.15) is 0 Å². The molecule has 0 aromatic carbocycles. The molecule has 0 aromatic heterocycles. The summed E-state index contributed by atoms with van der Waals surface area (Å²) in [6.45, 7) is 7.66. The van der Waals surface area contributed by atoms with Gasteiger partial charge in [-0.1, -0.05) is 48.5 Å². The van der Waals surface area contributed by atoms with Crippen LogP contribution in [-0.2, 0) is 9.47 Å². The summed E-state index contributed by atoms with van der Waals surface area (Å²) >= 11 is 3.65. The quantitative estimate of drug-likeness (QED) is 0.341. The van der Waals surface area contributed by atoms with E-state index in [-0.39, 0.29) is 6.29 Å². The third-order valence-electron chi connectivity index (χ3n) is 2.29. The molecule has 0 aliphatic heterocycles. The molecule has 0 fully saturated rings. The average molecular weight is 281 g/mol. The molecule has 0 amide bonds. The summed E-state index contributed by atoms with van der Waals surface area (Å²) in [5.74, 6) is 0. The molecule has 0 heterocycles. The summed E-state index contributed by atoms with van der Waals surface area (Å²) in [6, 6.07) is 0. The highest BCUT2D eigenvalue weighted by molar-refractivity contribution is 9.09. The van der Waals surface area contributed by atoms with Crippen LogP contribution in [0.2, 0.25) is 0 Å². The van der Waals surface area contributed by atoms with Gasteiger partial charge in [0.2, 0.25) is 0 Å². The van der Waals surface area contributed by atoms with E-state index in [1.807, 2.05) is 13.8 Å². The van der Waals surface area contributed by atoms with Crippen molar-refractivity contribution in [2.45, 2.75) is 64.0 Å². The second-order valence-corrected chi connectivity index (χ2v) is 4.82. The van der Waals surface area contributed by atoms with E-state index < -0.39 is 0 Å². The number of hydrogen-bond donors (Lipinski definition) is 0. The fraction of sp³-hybridized carbons (Fsp3) is 1.00. The molecule has 0 spiro atoms. The Morgan fingerprint density at radius 3 is 2.00 bits per heavy atom. The Hall–Kier alpha value is 0.400. The first kappa shape index (κ1) is 15.4. The zero-order valence-corrected chi connectivity index (χ0v) is 11.9. The fourth-order valence-corrected chi connectivity index (χ4v) is 2.12. The highest BCUT2D eigenvalue weighted by Crippen LogP contribution is 2.18. The molecule has 0 radical (unpaired) electrons. The van der Waals surface area contributed by atoms with Crippen LogP contribution in [0.25, 0.3) is 0 Å². The Balaban J connectivity index is 3.65. The van der Waals surface area contributed by atoms with Crippen molar-refractivity contribution >= 4 is 15.9 Å². The topological polar surface area (TPSA) is 18.5 Å². The smallest absolute Gasteiger partial charge is 0.169 e. The van der Waals surface area contributed by atoms with Crippen molar-refractivity contribution in [3.63, 3.8) is 0 Å². The normalized spacial score (nSPS) is 13.4. The molecule has 1 atom stereocenters. The Labute approximate surface area is 103 Å². The molecule has 0 aromatic rings. The van der Waals surface area contributed by atoms with Crippen molar-refractivity contribution in [1.82, 2.24) is 0 Å². The SMILES string of the molecule is CCCCCC[C@H](Br)C(OCC)OCC. The van der Waals surface area contributed by atoms with Crippen LogP contribution in [0.1, 0.15) is 52.9 Å². The van der Waals surface area contributed by atoms with Crippen molar-refractivity contribution in [3.05, 3.63) is 0 Å². The van der Waals surface area contributed by atoms with Crippen LogP contribution in [0, 0.1) is 0 Å². The van der Waals surface area contributed by atoms with Gasteiger partial charge in [-0.15, -0.1) is 0 Å². The maximum Gasteiger partial charge on any atom is 0.169 e. The lowest BCUT2D eigenvalue weighted by molar-refractivity contribution is -0.135. The van der Waals surface area contributed by atoms with E-state index in [0.29, 0.717) is 18.0 Å². The van der Waals surface area contributed by atoms with Gasteiger partial charge in [0.15, 0.2) is 6.29 Å². The van der Waals surface area contributed by atoms with Crippen LogP contribution < -0.4 is 0 Å². The number of rotatable bonds is 10. The minimum absolute atomic E-state index is 0.0818. The first-order chi connectivity index (χ1) is 7.26. The van der Waals surface area contributed by atoms with E-state index in [0.717, 1.165) is 6.42 Å². The number of alkyl halides is 1. The predicted molar refractivity (Wildman–Crippen MR) is 68.5 cm³/mol. The zero-order valence-electron chi connectivity index (χ0n) is 10.3. The molecule has 2 nitrogen and oxygen atoms in total. The van der Waals surface area contributed by atoms with Crippen molar-refractivity contribution < 1.29 is 9.47 Å². The number of halogens is 1. The van der Waals surface area contributed by atoms with Crippen LogP contribution >= 0.6 is 15.9 Å².